The molecule has 4 aromatic rings. The molecule has 0 atom stereocenters. The predicted octanol–water partition coefficient (Wildman–Crippen LogP) is 4.53. The number of aromatic nitrogens is 2. The summed E-state index contributed by atoms with van der Waals surface area (Å²) in [5.41, 5.74) is 2.88. The van der Waals surface area contributed by atoms with Crippen LogP contribution in [0.1, 0.15) is 11.4 Å². The number of fused-ring (bicyclic) bond motifs is 1. The molecule has 0 saturated carbocycles. The third-order valence-corrected chi connectivity index (χ3v) is 4.95. The van der Waals surface area contributed by atoms with Crippen molar-refractivity contribution in [1.29, 1.82) is 0 Å². The first-order valence-corrected chi connectivity index (χ1v) is 9.66. The smallest absolute Gasteiger partial charge is 0.269 e. The molecule has 154 valence electrons. The maximum atomic E-state index is 13.2. The number of nitro groups is 1. The van der Waals surface area contributed by atoms with Gasteiger partial charge in [-0.2, -0.15) is 0 Å². The summed E-state index contributed by atoms with van der Waals surface area (Å²) in [5, 5.41) is 11.5. The van der Waals surface area contributed by atoms with Crippen LogP contribution in [0.25, 0.3) is 28.7 Å². The van der Waals surface area contributed by atoms with E-state index in [9.17, 15) is 14.9 Å². The highest BCUT2D eigenvalue weighted by molar-refractivity contribution is 5.80. The monoisotopic (exact) mass is 412 g/mol. The van der Waals surface area contributed by atoms with Crippen LogP contribution in [0.15, 0.2) is 77.6 Å². The summed E-state index contributed by atoms with van der Waals surface area (Å²) in [4.78, 5) is 30.5. The molecule has 0 fully saturated rings. The van der Waals surface area contributed by atoms with E-state index in [0.717, 1.165) is 11.3 Å². The fourth-order valence-electron chi connectivity index (χ4n) is 3.29. The minimum absolute atomic E-state index is 0.0383. The van der Waals surface area contributed by atoms with Crippen LogP contribution < -0.4 is 10.5 Å². The van der Waals surface area contributed by atoms with Gasteiger partial charge < -0.3 is 4.90 Å². The molecule has 0 aliphatic carbocycles. The molecule has 7 heteroatoms. The van der Waals surface area contributed by atoms with Crippen molar-refractivity contribution in [3.8, 4) is 5.69 Å². The molecule has 0 radical (unpaired) electrons. The molecular weight excluding hydrogens is 392 g/mol. The van der Waals surface area contributed by atoms with E-state index in [-0.39, 0.29) is 11.2 Å². The quantitative estimate of drug-likeness (QED) is 0.355. The molecule has 1 aromatic heterocycles. The van der Waals surface area contributed by atoms with Gasteiger partial charge in [0.2, 0.25) is 0 Å². The van der Waals surface area contributed by atoms with Crippen molar-refractivity contribution >= 4 is 34.4 Å². The Labute approximate surface area is 178 Å². The van der Waals surface area contributed by atoms with Crippen molar-refractivity contribution < 1.29 is 4.92 Å². The highest BCUT2D eigenvalue weighted by atomic mass is 16.6. The van der Waals surface area contributed by atoms with Gasteiger partial charge in [0.25, 0.3) is 11.2 Å². The summed E-state index contributed by atoms with van der Waals surface area (Å²) in [6.07, 6.45) is 3.66. The average molecular weight is 412 g/mol. The number of benzene rings is 3. The van der Waals surface area contributed by atoms with Crippen molar-refractivity contribution in [3.63, 3.8) is 0 Å². The van der Waals surface area contributed by atoms with Gasteiger partial charge in [0, 0.05) is 31.9 Å². The fraction of sp³-hybridized carbons (Fsp3) is 0.0833. The lowest BCUT2D eigenvalue weighted by molar-refractivity contribution is -0.384. The molecular formula is C24H20N4O3. The third kappa shape index (κ3) is 4.06. The van der Waals surface area contributed by atoms with E-state index in [0.29, 0.717) is 22.4 Å². The van der Waals surface area contributed by atoms with Gasteiger partial charge in [-0.15, -0.1) is 0 Å². The van der Waals surface area contributed by atoms with E-state index in [2.05, 4.69) is 4.98 Å². The average Bonchev–Trinajstić information content (AvgIpc) is 2.78. The van der Waals surface area contributed by atoms with Crippen LogP contribution >= 0.6 is 0 Å². The summed E-state index contributed by atoms with van der Waals surface area (Å²) in [6.45, 7) is 0. The fourth-order valence-corrected chi connectivity index (χ4v) is 3.29. The normalized spacial score (nSPS) is 11.2. The van der Waals surface area contributed by atoms with Gasteiger partial charge in [-0.25, -0.2) is 4.98 Å². The zero-order valence-corrected chi connectivity index (χ0v) is 17.1. The third-order valence-electron chi connectivity index (χ3n) is 4.95. The molecule has 7 nitrogen and oxygen atoms in total. The lowest BCUT2D eigenvalue weighted by atomic mass is 10.1. The standard InChI is InChI=1S/C24H20N4O3/c1-26(2)18-10-7-17(8-11-18)9-16-23-25-22-6-4-3-5-21(22)24(29)27(23)19-12-14-20(15-13-19)28(30)31/h3-16H,1-2H3/b16-9+. The number of non-ortho nitro benzene ring substituents is 1. The first-order chi connectivity index (χ1) is 14.9. The minimum Gasteiger partial charge on any atom is -0.378 e. The summed E-state index contributed by atoms with van der Waals surface area (Å²) in [5.74, 6) is 0.439. The van der Waals surface area contributed by atoms with Crippen LogP contribution in [0.5, 0.6) is 0 Å². The number of hydrogen-bond donors (Lipinski definition) is 0. The zero-order valence-electron chi connectivity index (χ0n) is 17.1. The van der Waals surface area contributed by atoms with Crippen LogP contribution in [0.3, 0.4) is 0 Å². The van der Waals surface area contributed by atoms with Gasteiger partial charge in [-0.3, -0.25) is 19.5 Å². The second kappa shape index (κ2) is 8.23. The molecule has 1 heterocycles. The van der Waals surface area contributed by atoms with E-state index < -0.39 is 4.92 Å². The van der Waals surface area contributed by atoms with Gasteiger partial charge in [-0.05, 0) is 48.0 Å². The lowest BCUT2D eigenvalue weighted by Crippen LogP contribution is -2.22. The molecule has 0 aliphatic rings. The van der Waals surface area contributed by atoms with Gasteiger partial charge >= 0.3 is 0 Å². The van der Waals surface area contributed by atoms with Crippen molar-refractivity contribution in [2.24, 2.45) is 0 Å². The summed E-state index contributed by atoms with van der Waals surface area (Å²) < 4.78 is 1.47. The largest absolute Gasteiger partial charge is 0.378 e. The lowest BCUT2D eigenvalue weighted by Gasteiger charge is -2.12. The van der Waals surface area contributed by atoms with Crippen molar-refractivity contribution in [1.82, 2.24) is 9.55 Å². The maximum absolute atomic E-state index is 13.2. The molecule has 0 N–H and O–H groups in total. The topological polar surface area (TPSA) is 81.3 Å². The number of nitro benzene ring substituents is 1. The van der Waals surface area contributed by atoms with Crippen LogP contribution in [0.2, 0.25) is 0 Å². The first kappa shape index (κ1) is 20.0. The highest BCUT2D eigenvalue weighted by Gasteiger charge is 2.12. The number of para-hydroxylation sites is 1. The second-order valence-corrected chi connectivity index (χ2v) is 7.22. The van der Waals surface area contributed by atoms with Crippen molar-refractivity contribution in [3.05, 3.63) is 105 Å². The van der Waals surface area contributed by atoms with E-state index in [1.807, 2.05) is 55.4 Å². The van der Waals surface area contributed by atoms with Gasteiger partial charge in [0.05, 0.1) is 21.5 Å². The molecule has 0 saturated heterocycles. The van der Waals surface area contributed by atoms with E-state index in [1.165, 1.54) is 16.7 Å². The van der Waals surface area contributed by atoms with E-state index in [1.54, 1.807) is 36.4 Å². The first-order valence-electron chi connectivity index (χ1n) is 9.66. The van der Waals surface area contributed by atoms with Crippen LogP contribution in [-0.2, 0) is 0 Å². The molecule has 4 rings (SSSR count). The Bertz CT molecular complexity index is 1340. The number of hydrogen-bond acceptors (Lipinski definition) is 5. The predicted molar refractivity (Wildman–Crippen MR) is 124 cm³/mol. The van der Waals surface area contributed by atoms with Gasteiger partial charge in [0.1, 0.15) is 5.82 Å². The molecule has 0 amide bonds. The number of anilines is 1. The van der Waals surface area contributed by atoms with Crippen molar-refractivity contribution in [2.45, 2.75) is 0 Å². The van der Waals surface area contributed by atoms with Crippen molar-refractivity contribution in [2.75, 3.05) is 19.0 Å². The molecule has 31 heavy (non-hydrogen) atoms. The van der Waals surface area contributed by atoms with E-state index in [4.69, 9.17) is 0 Å². The Kier molecular flexibility index (Phi) is 5.32. The highest BCUT2D eigenvalue weighted by Crippen LogP contribution is 2.19. The molecule has 0 spiro atoms. The molecule has 0 bridgehead atoms. The Morgan fingerprint density at radius 3 is 2.26 bits per heavy atom. The SMILES string of the molecule is CN(C)c1ccc(/C=C/c2nc3ccccc3c(=O)n2-c2ccc([N+](=O)[O-])cc2)cc1. The summed E-state index contributed by atoms with van der Waals surface area (Å²) >= 11 is 0. The Morgan fingerprint density at radius 1 is 0.935 bits per heavy atom. The molecule has 0 unspecified atom stereocenters. The summed E-state index contributed by atoms with van der Waals surface area (Å²) in [6, 6.07) is 21.0. The van der Waals surface area contributed by atoms with Crippen LogP contribution in [0, 0.1) is 10.1 Å². The Hall–Kier alpha value is -4.26. The van der Waals surface area contributed by atoms with E-state index >= 15 is 0 Å². The van der Waals surface area contributed by atoms with Crippen LogP contribution in [0.4, 0.5) is 11.4 Å². The number of rotatable bonds is 5. The second-order valence-electron chi connectivity index (χ2n) is 7.22. The number of nitrogens with zero attached hydrogens (tertiary/aromatic N) is 4. The zero-order chi connectivity index (χ0) is 22.0. The Morgan fingerprint density at radius 2 is 1.61 bits per heavy atom. The maximum Gasteiger partial charge on any atom is 0.269 e. The molecule has 3 aromatic carbocycles. The van der Waals surface area contributed by atoms with Gasteiger partial charge in [-0.1, -0.05) is 30.3 Å². The Balaban J connectivity index is 1.84. The minimum atomic E-state index is -0.469. The molecule has 0 aliphatic heterocycles. The van der Waals surface area contributed by atoms with Gasteiger partial charge in [0.15, 0.2) is 0 Å². The van der Waals surface area contributed by atoms with Crippen LogP contribution in [-0.4, -0.2) is 28.6 Å². The summed E-state index contributed by atoms with van der Waals surface area (Å²) in [7, 11) is 3.96.